The summed E-state index contributed by atoms with van der Waals surface area (Å²) in [5, 5.41) is 0. The molecule has 0 saturated carbocycles. The number of hydrogen-bond donors (Lipinski definition) is 1. The van der Waals surface area contributed by atoms with Crippen molar-refractivity contribution in [2.75, 3.05) is 13.1 Å². The Morgan fingerprint density at radius 3 is 2.13 bits per heavy atom. The summed E-state index contributed by atoms with van der Waals surface area (Å²) >= 11 is 0. The molecule has 5 nitrogen and oxygen atoms in total. The van der Waals surface area contributed by atoms with Gasteiger partial charge < -0.3 is 4.90 Å². The summed E-state index contributed by atoms with van der Waals surface area (Å²) in [6.07, 6.45) is 4.24. The van der Waals surface area contributed by atoms with E-state index in [0.29, 0.717) is 0 Å². The highest BCUT2D eigenvalue weighted by atomic mass is 32.2. The zero-order valence-electron chi connectivity index (χ0n) is 13.9. The van der Waals surface area contributed by atoms with E-state index in [1.807, 2.05) is 18.7 Å². The lowest BCUT2D eigenvalue weighted by Gasteiger charge is -2.28. The van der Waals surface area contributed by atoms with Gasteiger partial charge >= 0.3 is 0 Å². The van der Waals surface area contributed by atoms with E-state index in [2.05, 4.69) is 4.72 Å². The van der Waals surface area contributed by atoms with Crippen molar-refractivity contribution >= 4 is 15.9 Å². The number of likely N-dealkylation sites (tertiary alicyclic amines) is 1. The first-order valence-electron chi connectivity index (χ1n) is 8.28. The van der Waals surface area contributed by atoms with Crippen LogP contribution in [0.5, 0.6) is 0 Å². The van der Waals surface area contributed by atoms with Crippen molar-refractivity contribution in [3.8, 4) is 0 Å². The van der Waals surface area contributed by atoms with Crippen LogP contribution in [0.2, 0.25) is 0 Å². The minimum Gasteiger partial charge on any atom is -0.341 e. The number of sulfonamides is 1. The van der Waals surface area contributed by atoms with E-state index >= 15 is 0 Å². The van der Waals surface area contributed by atoms with Gasteiger partial charge in [0.15, 0.2) is 0 Å². The maximum atomic E-state index is 12.8. The van der Waals surface area contributed by atoms with E-state index in [4.69, 9.17) is 0 Å². The third kappa shape index (κ3) is 4.78. The molecule has 2 rings (SSSR count). The molecule has 0 aromatic heterocycles. The molecule has 6 heteroatoms. The van der Waals surface area contributed by atoms with Gasteiger partial charge in [-0.3, -0.25) is 4.79 Å². The molecular formula is C17H26N2O3S. The lowest BCUT2D eigenvalue weighted by molar-refractivity contribution is -0.134. The van der Waals surface area contributed by atoms with Crippen LogP contribution in [0.1, 0.15) is 39.5 Å². The van der Waals surface area contributed by atoms with Gasteiger partial charge in [0.05, 0.1) is 4.90 Å². The van der Waals surface area contributed by atoms with E-state index in [1.54, 1.807) is 18.2 Å². The summed E-state index contributed by atoms with van der Waals surface area (Å²) in [6, 6.07) is 7.47. The van der Waals surface area contributed by atoms with Crippen molar-refractivity contribution in [3.63, 3.8) is 0 Å². The first kappa shape index (κ1) is 17.9. The van der Waals surface area contributed by atoms with Gasteiger partial charge in [0.1, 0.15) is 6.04 Å². The highest BCUT2D eigenvalue weighted by Crippen LogP contribution is 2.16. The average Bonchev–Trinajstić information content (AvgIpc) is 2.82. The second kappa shape index (κ2) is 7.93. The Balaban J connectivity index is 2.16. The molecule has 1 fully saturated rings. The molecular weight excluding hydrogens is 312 g/mol. The normalized spacial score (nSPS) is 17.8. The molecule has 1 aromatic carbocycles. The number of nitrogens with one attached hydrogen (secondary N) is 1. The zero-order valence-corrected chi connectivity index (χ0v) is 14.7. The minimum atomic E-state index is -3.69. The van der Waals surface area contributed by atoms with Crippen LogP contribution in [-0.4, -0.2) is 38.4 Å². The first-order valence-corrected chi connectivity index (χ1v) is 9.76. The van der Waals surface area contributed by atoms with E-state index in [9.17, 15) is 13.2 Å². The van der Waals surface area contributed by atoms with Crippen LogP contribution in [0.3, 0.4) is 0 Å². The lowest BCUT2D eigenvalue weighted by Crippen LogP contribution is -2.51. The molecule has 1 aliphatic heterocycles. The topological polar surface area (TPSA) is 66.5 Å². The maximum absolute atomic E-state index is 12.8. The molecule has 128 valence electrons. The van der Waals surface area contributed by atoms with Gasteiger partial charge in [-0.2, -0.15) is 4.72 Å². The van der Waals surface area contributed by atoms with Crippen molar-refractivity contribution in [1.82, 2.24) is 9.62 Å². The number of amides is 1. The van der Waals surface area contributed by atoms with Crippen LogP contribution in [0, 0.1) is 5.92 Å². The Morgan fingerprint density at radius 2 is 1.61 bits per heavy atom. The average molecular weight is 338 g/mol. The summed E-state index contributed by atoms with van der Waals surface area (Å²) in [7, 11) is -3.69. The van der Waals surface area contributed by atoms with E-state index < -0.39 is 16.1 Å². The van der Waals surface area contributed by atoms with Crippen LogP contribution >= 0.6 is 0 Å². The number of benzene rings is 1. The van der Waals surface area contributed by atoms with Crippen LogP contribution in [-0.2, 0) is 14.8 Å². The SMILES string of the molecule is CC(C)[C@@H](NS(=O)(=O)c1ccccc1)C(=O)N1CCCCCC1. The van der Waals surface area contributed by atoms with Crippen LogP contribution in [0.4, 0.5) is 0 Å². The molecule has 0 spiro atoms. The quantitative estimate of drug-likeness (QED) is 0.896. The van der Waals surface area contributed by atoms with E-state index in [-0.39, 0.29) is 16.7 Å². The molecule has 1 heterocycles. The Labute approximate surface area is 139 Å². The highest BCUT2D eigenvalue weighted by Gasteiger charge is 2.31. The van der Waals surface area contributed by atoms with Crippen molar-refractivity contribution in [2.45, 2.75) is 50.5 Å². The summed E-state index contributed by atoms with van der Waals surface area (Å²) in [5.41, 5.74) is 0. The van der Waals surface area contributed by atoms with Gasteiger partial charge in [0, 0.05) is 13.1 Å². The maximum Gasteiger partial charge on any atom is 0.241 e. The molecule has 1 amide bonds. The molecule has 23 heavy (non-hydrogen) atoms. The lowest BCUT2D eigenvalue weighted by atomic mass is 10.0. The van der Waals surface area contributed by atoms with Gasteiger partial charge in [-0.15, -0.1) is 0 Å². The standard InChI is InChI=1S/C17H26N2O3S/c1-14(2)16(17(20)19-12-8-3-4-9-13-19)18-23(21,22)15-10-6-5-7-11-15/h5-7,10-11,14,16,18H,3-4,8-9,12-13H2,1-2H3/t16-/m1/s1. The summed E-state index contributed by atoms with van der Waals surface area (Å²) in [6.45, 7) is 5.17. The van der Waals surface area contributed by atoms with Gasteiger partial charge in [0.25, 0.3) is 0 Å². The van der Waals surface area contributed by atoms with Crippen LogP contribution in [0.25, 0.3) is 0 Å². The second-order valence-corrected chi connectivity index (χ2v) is 8.11. The van der Waals surface area contributed by atoms with Gasteiger partial charge in [-0.25, -0.2) is 8.42 Å². The predicted molar refractivity (Wildman–Crippen MR) is 90.4 cm³/mol. The Bertz CT molecular complexity index is 606. The number of nitrogens with zero attached hydrogens (tertiary/aromatic N) is 1. The summed E-state index contributed by atoms with van der Waals surface area (Å²) < 4.78 is 27.6. The molecule has 0 unspecified atom stereocenters. The molecule has 0 bridgehead atoms. The van der Waals surface area contributed by atoms with Gasteiger partial charge in [-0.05, 0) is 30.9 Å². The Hall–Kier alpha value is -1.40. The van der Waals surface area contributed by atoms with Crippen molar-refractivity contribution in [2.24, 2.45) is 5.92 Å². The zero-order chi connectivity index (χ0) is 16.9. The van der Waals surface area contributed by atoms with Crippen molar-refractivity contribution in [1.29, 1.82) is 0 Å². The largest absolute Gasteiger partial charge is 0.341 e. The van der Waals surface area contributed by atoms with E-state index in [1.165, 1.54) is 12.1 Å². The van der Waals surface area contributed by atoms with Gasteiger partial charge in [-0.1, -0.05) is 44.9 Å². The minimum absolute atomic E-state index is 0.107. The number of rotatable bonds is 5. The molecule has 0 radical (unpaired) electrons. The fourth-order valence-electron chi connectivity index (χ4n) is 2.79. The monoisotopic (exact) mass is 338 g/mol. The van der Waals surface area contributed by atoms with Crippen molar-refractivity contribution < 1.29 is 13.2 Å². The van der Waals surface area contributed by atoms with E-state index in [0.717, 1.165) is 38.8 Å². The van der Waals surface area contributed by atoms with Crippen molar-refractivity contribution in [3.05, 3.63) is 30.3 Å². The van der Waals surface area contributed by atoms with Crippen LogP contribution in [0.15, 0.2) is 35.2 Å². The fraction of sp³-hybridized carbons (Fsp3) is 0.588. The third-order valence-corrected chi connectivity index (χ3v) is 5.64. The molecule has 1 aliphatic rings. The molecule has 1 atom stereocenters. The third-order valence-electron chi connectivity index (χ3n) is 4.19. The summed E-state index contributed by atoms with van der Waals surface area (Å²) in [4.78, 5) is 14.8. The number of carbonyl (C=O) groups is 1. The first-order chi connectivity index (χ1) is 10.9. The smallest absolute Gasteiger partial charge is 0.241 e. The molecule has 1 saturated heterocycles. The second-order valence-electron chi connectivity index (χ2n) is 6.40. The Morgan fingerprint density at radius 1 is 1.04 bits per heavy atom. The van der Waals surface area contributed by atoms with Gasteiger partial charge in [0.2, 0.25) is 15.9 Å². The molecule has 1 N–H and O–H groups in total. The Kier molecular flexibility index (Phi) is 6.18. The predicted octanol–water partition coefficient (Wildman–Crippen LogP) is 2.39. The molecule has 0 aliphatic carbocycles. The highest BCUT2D eigenvalue weighted by molar-refractivity contribution is 7.89. The molecule has 1 aromatic rings. The number of carbonyl (C=O) groups excluding carboxylic acids is 1. The summed E-state index contributed by atoms with van der Waals surface area (Å²) in [5.74, 6) is -0.217. The number of hydrogen-bond acceptors (Lipinski definition) is 3. The fourth-order valence-corrected chi connectivity index (χ4v) is 4.15. The van der Waals surface area contributed by atoms with Crippen LogP contribution < -0.4 is 4.72 Å².